The fourth-order valence-corrected chi connectivity index (χ4v) is 6.56. The first-order valence-electron chi connectivity index (χ1n) is 12.2. The number of fused-ring (bicyclic) bond motifs is 6. The maximum Gasteiger partial charge on any atom is 0.261 e. The summed E-state index contributed by atoms with van der Waals surface area (Å²) in [7, 11) is -3.78. The van der Waals surface area contributed by atoms with Crippen LogP contribution in [0.2, 0.25) is 0 Å². The lowest BCUT2D eigenvalue weighted by atomic mass is 9.71. The van der Waals surface area contributed by atoms with Crippen molar-refractivity contribution in [3.63, 3.8) is 0 Å². The predicted molar refractivity (Wildman–Crippen MR) is 143 cm³/mol. The van der Waals surface area contributed by atoms with E-state index in [1.165, 1.54) is 5.56 Å². The molecule has 35 heavy (non-hydrogen) atoms. The number of hydrogen-bond donors (Lipinski definition) is 1. The minimum absolute atomic E-state index is 0.207. The number of rotatable bonds is 3. The zero-order valence-corrected chi connectivity index (χ0v) is 21.1. The second-order valence-corrected chi connectivity index (χ2v) is 12.5. The molecular formula is C30H29NO3S. The van der Waals surface area contributed by atoms with Gasteiger partial charge < -0.3 is 4.42 Å². The Morgan fingerprint density at radius 1 is 0.857 bits per heavy atom. The molecule has 1 aliphatic carbocycles. The zero-order valence-electron chi connectivity index (χ0n) is 20.3. The fraction of sp³-hybridized carbons (Fsp3) is 0.267. The molecule has 0 radical (unpaired) electrons. The summed E-state index contributed by atoms with van der Waals surface area (Å²) in [4.78, 5) is 0.252. The molecule has 0 saturated heterocycles. The van der Waals surface area contributed by atoms with Gasteiger partial charge in [0.25, 0.3) is 10.0 Å². The predicted octanol–water partition coefficient (Wildman–Crippen LogP) is 7.69. The molecule has 0 amide bonds. The Kier molecular flexibility index (Phi) is 4.98. The van der Waals surface area contributed by atoms with E-state index in [1.54, 1.807) is 12.1 Å². The Morgan fingerprint density at radius 3 is 2.34 bits per heavy atom. The van der Waals surface area contributed by atoms with Crippen LogP contribution in [0.25, 0.3) is 32.5 Å². The molecule has 0 bridgehead atoms. The maximum atomic E-state index is 13.5. The molecule has 0 fully saturated rings. The van der Waals surface area contributed by atoms with Crippen molar-refractivity contribution in [2.45, 2.75) is 44.9 Å². The van der Waals surface area contributed by atoms with Gasteiger partial charge in [0.15, 0.2) is 0 Å². The Labute approximate surface area is 206 Å². The zero-order chi connectivity index (χ0) is 24.4. The Hall–Kier alpha value is -3.31. The van der Waals surface area contributed by atoms with Gasteiger partial charge in [-0.3, -0.25) is 4.72 Å². The number of benzene rings is 4. The molecule has 1 N–H and O–H groups in total. The molecule has 5 aromatic rings. The minimum atomic E-state index is -3.78. The summed E-state index contributed by atoms with van der Waals surface area (Å²) in [6.45, 7) is 6.89. The van der Waals surface area contributed by atoms with Gasteiger partial charge in [-0.25, -0.2) is 8.42 Å². The number of aryl methyl sites for hydroxylation is 1. The summed E-state index contributed by atoms with van der Waals surface area (Å²) in [6, 6.07) is 22.9. The van der Waals surface area contributed by atoms with E-state index in [2.05, 4.69) is 25.5 Å². The number of sulfonamides is 1. The largest absolute Gasteiger partial charge is 0.460 e. The third-order valence-corrected chi connectivity index (χ3v) is 8.92. The average Bonchev–Trinajstić information content (AvgIpc) is 3.21. The van der Waals surface area contributed by atoms with Crippen LogP contribution in [0.1, 0.15) is 38.5 Å². The number of nitrogens with one attached hydrogen (secondary N) is 1. The molecule has 1 aliphatic rings. The van der Waals surface area contributed by atoms with Crippen molar-refractivity contribution in [3.8, 4) is 0 Å². The number of hydrogen-bond acceptors (Lipinski definition) is 3. The topological polar surface area (TPSA) is 59.3 Å². The second kappa shape index (κ2) is 7.85. The van der Waals surface area contributed by atoms with Crippen molar-refractivity contribution in [1.82, 2.24) is 0 Å². The Bertz CT molecular complexity index is 1710. The molecule has 1 aromatic heterocycles. The van der Waals surface area contributed by atoms with E-state index >= 15 is 0 Å². The van der Waals surface area contributed by atoms with E-state index in [-0.39, 0.29) is 10.3 Å². The van der Waals surface area contributed by atoms with Crippen molar-refractivity contribution in [2.24, 2.45) is 11.3 Å². The Morgan fingerprint density at radius 2 is 1.57 bits per heavy atom. The van der Waals surface area contributed by atoms with Crippen LogP contribution in [0.4, 0.5) is 5.69 Å². The van der Waals surface area contributed by atoms with Crippen LogP contribution < -0.4 is 4.72 Å². The van der Waals surface area contributed by atoms with Crippen molar-refractivity contribution in [1.29, 1.82) is 0 Å². The first kappa shape index (κ1) is 22.2. The summed E-state index contributed by atoms with van der Waals surface area (Å²) in [6.07, 6.45) is 2.97. The maximum absolute atomic E-state index is 13.5. The van der Waals surface area contributed by atoms with Crippen molar-refractivity contribution in [2.75, 3.05) is 4.72 Å². The molecule has 1 unspecified atom stereocenters. The van der Waals surface area contributed by atoms with Crippen LogP contribution in [0.15, 0.2) is 82.1 Å². The SMILES string of the molecule is CC(C)(C)C1CCc2oc3c(cc(NS(=O)(=O)c4ccc5ccccc5c4)c4ccccc43)c2C1. The van der Waals surface area contributed by atoms with E-state index in [4.69, 9.17) is 4.42 Å². The van der Waals surface area contributed by atoms with E-state index in [0.717, 1.165) is 57.5 Å². The molecule has 4 aromatic carbocycles. The van der Waals surface area contributed by atoms with Gasteiger partial charge in [0.05, 0.1) is 10.6 Å². The highest BCUT2D eigenvalue weighted by atomic mass is 32.2. The molecular weight excluding hydrogens is 454 g/mol. The lowest BCUT2D eigenvalue weighted by molar-refractivity contribution is 0.210. The van der Waals surface area contributed by atoms with Crippen molar-refractivity contribution in [3.05, 3.63) is 84.1 Å². The van der Waals surface area contributed by atoms with Crippen LogP contribution >= 0.6 is 0 Å². The van der Waals surface area contributed by atoms with E-state index < -0.39 is 10.0 Å². The smallest absolute Gasteiger partial charge is 0.261 e. The normalized spacial score (nSPS) is 16.6. The molecule has 4 nitrogen and oxygen atoms in total. The quantitative estimate of drug-likeness (QED) is 0.286. The van der Waals surface area contributed by atoms with Gasteiger partial charge in [0.1, 0.15) is 11.3 Å². The van der Waals surface area contributed by atoms with E-state index in [1.807, 2.05) is 60.7 Å². The van der Waals surface area contributed by atoms with Crippen LogP contribution in [-0.2, 0) is 22.9 Å². The van der Waals surface area contributed by atoms with Gasteiger partial charge in [-0.05, 0) is 53.1 Å². The van der Waals surface area contributed by atoms with Gasteiger partial charge in [0.2, 0.25) is 0 Å². The molecule has 0 aliphatic heterocycles. The van der Waals surface area contributed by atoms with Crippen molar-refractivity contribution < 1.29 is 12.8 Å². The first-order valence-corrected chi connectivity index (χ1v) is 13.7. The summed E-state index contributed by atoms with van der Waals surface area (Å²) in [5.74, 6) is 1.60. The highest BCUT2D eigenvalue weighted by Gasteiger charge is 2.32. The third-order valence-electron chi connectivity index (χ3n) is 7.55. The molecule has 6 rings (SSSR count). The number of anilines is 1. The third kappa shape index (κ3) is 3.79. The highest BCUT2D eigenvalue weighted by molar-refractivity contribution is 7.92. The molecule has 5 heteroatoms. The Balaban J connectivity index is 1.49. The van der Waals surface area contributed by atoms with Crippen LogP contribution in [0, 0.1) is 11.3 Å². The fourth-order valence-electron chi connectivity index (χ4n) is 5.46. The van der Waals surface area contributed by atoms with E-state index in [0.29, 0.717) is 11.6 Å². The molecule has 1 atom stereocenters. The van der Waals surface area contributed by atoms with Crippen molar-refractivity contribution >= 4 is 48.2 Å². The van der Waals surface area contributed by atoms with Gasteiger partial charge >= 0.3 is 0 Å². The summed E-state index contributed by atoms with van der Waals surface area (Å²) in [5, 5.41) is 4.69. The van der Waals surface area contributed by atoms with E-state index in [9.17, 15) is 8.42 Å². The summed E-state index contributed by atoms with van der Waals surface area (Å²) < 4.78 is 36.3. The summed E-state index contributed by atoms with van der Waals surface area (Å²) >= 11 is 0. The monoisotopic (exact) mass is 483 g/mol. The van der Waals surface area contributed by atoms with Gasteiger partial charge in [-0.1, -0.05) is 75.4 Å². The minimum Gasteiger partial charge on any atom is -0.460 e. The molecule has 1 heterocycles. The van der Waals surface area contributed by atoms with Gasteiger partial charge in [0, 0.05) is 28.1 Å². The lowest BCUT2D eigenvalue weighted by Crippen LogP contribution is -2.26. The standard InChI is InChI=1S/C30H29NO3S/c1-30(2,3)21-13-15-28-25(17-21)26-18-27(23-10-6-7-11-24(23)29(26)34-28)31-35(32,33)22-14-12-19-8-4-5-9-20(19)16-22/h4-12,14,16,18,21,31H,13,15,17H2,1-3H3. The molecule has 0 spiro atoms. The molecule has 178 valence electrons. The summed E-state index contributed by atoms with van der Waals surface area (Å²) in [5.41, 5.74) is 2.87. The average molecular weight is 484 g/mol. The highest BCUT2D eigenvalue weighted by Crippen LogP contribution is 2.44. The van der Waals surface area contributed by atoms with Gasteiger partial charge in [-0.15, -0.1) is 0 Å². The van der Waals surface area contributed by atoms with Gasteiger partial charge in [-0.2, -0.15) is 0 Å². The van der Waals surface area contributed by atoms with Crippen LogP contribution in [0.3, 0.4) is 0 Å². The lowest BCUT2D eigenvalue weighted by Gasteiger charge is -2.33. The van der Waals surface area contributed by atoms with Crippen LogP contribution in [-0.4, -0.2) is 8.42 Å². The molecule has 0 saturated carbocycles. The second-order valence-electron chi connectivity index (χ2n) is 10.8. The number of furan rings is 1. The first-order chi connectivity index (χ1) is 16.7. The van der Waals surface area contributed by atoms with Crippen LogP contribution in [0.5, 0.6) is 0 Å².